The van der Waals surface area contributed by atoms with Crippen LogP contribution < -0.4 is 10.6 Å². The summed E-state index contributed by atoms with van der Waals surface area (Å²) in [7, 11) is 0. The van der Waals surface area contributed by atoms with Gasteiger partial charge in [0.1, 0.15) is 6.04 Å². The molecule has 0 spiro atoms. The zero-order valence-corrected chi connectivity index (χ0v) is 9.87. The fraction of sp³-hybridized carbons (Fsp3) is 0.545. The molecular weight excluding hydrogens is 236 g/mol. The van der Waals surface area contributed by atoms with Gasteiger partial charge in [-0.15, -0.1) is 0 Å². The van der Waals surface area contributed by atoms with Crippen LogP contribution in [0.1, 0.15) is 12.8 Å². The normalized spacial score (nSPS) is 16.0. The number of urea groups is 1. The molecule has 7 heteroatoms. The van der Waals surface area contributed by atoms with Gasteiger partial charge in [0.05, 0.1) is 6.54 Å². The first-order valence-corrected chi connectivity index (χ1v) is 5.91. The van der Waals surface area contributed by atoms with E-state index in [1.54, 1.807) is 23.1 Å². The van der Waals surface area contributed by atoms with Crippen LogP contribution in [0.25, 0.3) is 0 Å². The van der Waals surface area contributed by atoms with Crippen LogP contribution in [-0.4, -0.2) is 39.5 Å². The lowest BCUT2D eigenvalue weighted by Crippen LogP contribution is -2.47. The highest BCUT2D eigenvalue weighted by atomic mass is 16.4. The molecule has 2 rings (SSSR count). The highest BCUT2D eigenvalue weighted by Crippen LogP contribution is 2.32. The minimum atomic E-state index is -0.972. The standard InChI is InChI=1S/C11H16N4O3/c16-10(17)9(8-2-3-8)14-11(18)12-5-7-15-6-1-4-13-15/h1,4,6,8-9H,2-3,5,7H2,(H,16,17)(H2,12,14,18). The van der Waals surface area contributed by atoms with E-state index in [9.17, 15) is 9.59 Å². The van der Waals surface area contributed by atoms with E-state index in [1.807, 2.05) is 0 Å². The summed E-state index contributed by atoms with van der Waals surface area (Å²) in [4.78, 5) is 22.4. The van der Waals surface area contributed by atoms with Gasteiger partial charge in [-0.05, 0) is 24.8 Å². The van der Waals surface area contributed by atoms with Crippen LogP contribution >= 0.6 is 0 Å². The van der Waals surface area contributed by atoms with E-state index in [0.717, 1.165) is 12.8 Å². The summed E-state index contributed by atoms with van der Waals surface area (Å²) in [6.07, 6.45) is 5.19. The number of carboxylic acids is 1. The monoisotopic (exact) mass is 252 g/mol. The molecule has 7 nitrogen and oxygen atoms in total. The number of carbonyl (C=O) groups excluding carboxylic acids is 1. The second-order valence-electron chi connectivity index (χ2n) is 4.32. The van der Waals surface area contributed by atoms with E-state index >= 15 is 0 Å². The van der Waals surface area contributed by atoms with Gasteiger partial charge in [0.15, 0.2) is 0 Å². The van der Waals surface area contributed by atoms with Crippen molar-refractivity contribution in [1.82, 2.24) is 20.4 Å². The lowest BCUT2D eigenvalue weighted by molar-refractivity contribution is -0.139. The molecule has 1 atom stereocenters. The third-order valence-corrected chi connectivity index (χ3v) is 2.83. The largest absolute Gasteiger partial charge is 0.480 e. The summed E-state index contributed by atoms with van der Waals surface area (Å²) in [5, 5.41) is 18.0. The molecule has 1 aromatic rings. The summed E-state index contributed by atoms with van der Waals surface area (Å²) in [5.74, 6) is -0.890. The lowest BCUT2D eigenvalue weighted by atomic mass is 10.2. The third-order valence-electron chi connectivity index (χ3n) is 2.83. The van der Waals surface area contributed by atoms with Crippen molar-refractivity contribution in [3.8, 4) is 0 Å². The quantitative estimate of drug-likeness (QED) is 0.666. The molecule has 1 aliphatic rings. The van der Waals surface area contributed by atoms with Crippen molar-refractivity contribution >= 4 is 12.0 Å². The van der Waals surface area contributed by atoms with E-state index in [1.165, 1.54) is 0 Å². The number of aromatic nitrogens is 2. The van der Waals surface area contributed by atoms with Crippen LogP contribution in [0.3, 0.4) is 0 Å². The summed E-state index contributed by atoms with van der Waals surface area (Å²) in [6.45, 7) is 0.964. The van der Waals surface area contributed by atoms with Gasteiger partial charge in [-0.25, -0.2) is 9.59 Å². The molecule has 1 aromatic heterocycles. The van der Waals surface area contributed by atoms with Crippen LogP contribution in [-0.2, 0) is 11.3 Å². The van der Waals surface area contributed by atoms with E-state index in [4.69, 9.17) is 5.11 Å². The van der Waals surface area contributed by atoms with Crippen molar-refractivity contribution in [2.24, 2.45) is 5.92 Å². The van der Waals surface area contributed by atoms with Crippen molar-refractivity contribution in [3.05, 3.63) is 18.5 Å². The zero-order valence-electron chi connectivity index (χ0n) is 9.87. The molecule has 2 amide bonds. The van der Waals surface area contributed by atoms with E-state index in [0.29, 0.717) is 13.1 Å². The molecule has 0 saturated heterocycles. The Hall–Kier alpha value is -2.05. The molecule has 1 aliphatic carbocycles. The van der Waals surface area contributed by atoms with Crippen molar-refractivity contribution in [1.29, 1.82) is 0 Å². The Morgan fingerprint density at radius 3 is 2.83 bits per heavy atom. The number of amides is 2. The predicted molar refractivity (Wildman–Crippen MR) is 62.9 cm³/mol. The molecule has 1 heterocycles. The molecule has 0 aromatic carbocycles. The van der Waals surface area contributed by atoms with Gasteiger partial charge >= 0.3 is 12.0 Å². The first kappa shape index (κ1) is 12.4. The number of aliphatic carboxylic acids is 1. The lowest BCUT2D eigenvalue weighted by Gasteiger charge is -2.14. The minimum absolute atomic E-state index is 0.0827. The first-order valence-electron chi connectivity index (χ1n) is 5.91. The smallest absolute Gasteiger partial charge is 0.326 e. The van der Waals surface area contributed by atoms with Gasteiger partial charge in [0, 0.05) is 18.9 Å². The summed E-state index contributed by atoms with van der Waals surface area (Å²) in [5.41, 5.74) is 0. The van der Waals surface area contributed by atoms with Crippen LogP contribution in [0.4, 0.5) is 4.79 Å². The fourth-order valence-electron chi connectivity index (χ4n) is 1.72. The minimum Gasteiger partial charge on any atom is -0.480 e. The number of rotatable bonds is 6. The Balaban J connectivity index is 1.69. The average molecular weight is 252 g/mol. The Labute approximate surface area is 104 Å². The number of carboxylic acid groups (broad SMARTS) is 1. The van der Waals surface area contributed by atoms with Crippen molar-refractivity contribution in [3.63, 3.8) is 0 Å². The van der Waals surface area contributed by atoms with Crippen LogP contribution in [0.5, 0.6) is 0 Å². The van der Waals surface area contributed by atoms with Gasteiger partial charge in [-0.3, -0.25) is 4.68 Å². The first-order chi connectivity index (χ1) is 8.66. The average Bonchev–Trinajstić information content (AvgIpc) is 3.03. The maximum absolute atomic E-state index is 11.5. The van der Waals surface area contributed by atoms with E-state index < -0.39 is 18.0 Å². The third kappa shape index (κ3) is 3.47. The van der Waals surface area contributed by atoms with Gasteiger partial charge in [-0.1, -0.05) is 0 Å². The number of hydrogen-bond donors (Lipinski definition) is 3. The molecule has 1 fully saturated rings. The van der Waals surface area contributed by atoms with Gasteiger partial charge < -0.3 is 15.7 Å². The number of nitrogens with one attached hydrogen (secondary N) is 2. The van der Waals surface area contributed by atoms with E-state index in [-0.39, 0.29) is 5.92 Å². The predicted octanol–water partition coefficient (Wildman–Crippen LogP) is 0.0455. The van der Waals surface area contributed by atoms with Crippen molar-refractivity contribution < 1.29 is 14.7 Å². The molecule has 1 saturated carbocycles. The Morgan fingerprint density at radius 1 is 1.50 bits per heavy atom. The maximum Gasteiger partial charge on any atom is 0.326 e. The van der Waals surface area contributed by atoms with Crippen molar-refractivity contribution in [2.45, 2.75) is 25.4 Å². The fourth-order valence-corrected chi connectivity index (χ4v) is 1.72. The highest BCUT2D eigenvalue weighted by molar-refractivity contribution is 5.83. The van der Waals surface area contributed by atoms with Crippen LogP contribution in [0, 0.1) is 5.92 Å². The Bertz CT molecular complexity index is 414. The molecular formula is C11H16N4O3. The highest BCUT2D eigenvalue weighted by Gasteiger charge is 2.37. The molecule has 98 valence electrons. The molecule has 0 bridgehead atoms. The zero-order chi connectivity index (χ0) is 13.0. The maximum atomic E-state index is 11.5. The van der Waals surface area contributed by atoms with Crippen molar-refractivity contribution in [2.75, 3.05) is 6.54 Å². The summed E-state index contributed by atoms with van der Waals surface area (Å²) < 4.78 is 1.69. The molecule has 0 aliphatic heterocycles. The SMILES string of the molecule is O=C(NCCn1cccn1)NC(C(=O)O)C1CC1. The van der Waals surface area contributed by atoms with Crippen LogP contribution in [0.15, 0.2) is 18.5 Å². The Morgan fingerprint density at radius 2 is 2.28 bits per heavy atom. The molecule has 1 unspecified atom stereocenters. The van der Waals surface area contributed by atoms with Gasteiger partial charge in [0.2, 0.25) is 0 Å². The van der Waals surface area contributed by atoms with E-state index in [2.05, 4.69) is 15.7 Å². The molecule has 18 heavy (non-hydrogen) atoms. The molecule has 0 radical (unpaired) electrons. The molecule has 3 N–H and O–H groups in total. The summed E-state index contributed by atoms with van der Waals surface area (Å²) >= 11 is 0. The second-order valence-corrected chi connectivity index (χ2v) is 4.32. The summed E-state index contributed by atoms with van der Waals surface area (Å²) in [6, 6.07) is 0.587. The number of hydrogen-bond acceptors (Lipinski definition) is 3. The topological polar surface area (TPSA) is 96.3 Å². The second kappa shape index (κ2) is 5.52. The Kier molecular flexibility index (Phi) is 3.81. The van der Waals surface area contributed by atoms with Gasteiger partial charge in [-0.2, -0.15) is 5.10 Å². The number of carbonyl (C=O) groups is 2. The van der Waals surface area contributed by atoms with Gasteiger partial charge in [0.25, 0.3) is 0 Å². The van der Waals surface area contributed by atoms with Crippen LogP contribution in [0.2, 0.25) is 0 Å². The number of nitrogens with zero attached hydrogens (tertiary/aromatic N) is 2.